The molecule has 6 heteroatoms. The Balaban J connectivity index is 1.44. The zero-order valence-corrected chi connectivity index (χ0v) is 14.5. The second-order valence-corrected chi connectivity index (χ2v) is 7.19. The summed E-state index contributed by atoms with van der Waals surface area (Å²) in [6.45, 7) is 1.99. The van der Waals surface area contributed by atoms with Gasteiger partial charge in [0.05, 0.1) is 19.3 Å². The van der Waals surface area contributed by atoms with Gasteiger partial charge in [0.2, 0.25) is 5.91 Å². The molecule has 25 heavy (non-hydrogen) atoms. The van der Waals surface area contributed by atoms with Gasteiger partial charge in [0.15, 0.2) is 0 Å². The van der Waals surface area contributed by atoms with Gasteiger partial charge in [-0.3, -0.25) is 4.79 Å². The van der Waals surface area contributed by atoms with Gasteiger partial charge in [0, 0.05) is 26.0 Å². The lowest BCUT2D eigenvalue weighted by Crippen LogP contribution is -2.54. The fourth-order valence-corrected chi connectivity index (χ4v) is 4.40. The van der Waals surface area contributed by atoms with E-state index in [-0.39, 0.29) is 30.8 Å². The number of methoxy groups -OCH3 is 1. The number of carbonyl (C=O) groups excluding carboxylic acids is 1. The third-order valence-corrected chi connectivity index (χ3v) is 5.65. The molecule has 0 bridgehead atoms. The third-order valence-electron chi connectivity index (χ3n) is 5.65. The van der Waals surface area contributed by atoms with E-state index >= 15 is 0 Å². The SMILES string of the molecule is COCO[C@@H]1C[C@@H]2CNC(=O)C[C@@H]2[C@@]2(COCc3ccccc3)O[C@@H]12. The number of piperidine rings is 1. The summed E-state index contributed by atoms with van der Waals surface area (Å²) in [5, 5.41) is 2.97. The van der Waals surface area contributed by atoms with Crippen molar-refractivity contribution in [3.8, 4) is 0 Å². The molecule has 1 amide bonds. The van der Waals surface area contributed by atoms with E-state index in [2.05, 4.69) is 5.32 Å². The number of fused-ring (bicyclic) bond motifs is 3. The van der Waals surface area contributed by atoms with Crippen molar-refractivity contribution in [2.75, 3.05) is 27.1 Å². The summed E-state index contributed by atoms with van der Waals surface area (Å²) in [7, 11) is 1.62. The van der Waals surface area contributed by atoms with E-state index in [1.165, 1.54) is 0 Å². The molecule has 1 saturated carbocycles. The molecule has 5 atom stereocenters. The fraction of sp³-hybridized carbons (Fsp3) is 0.632. The Kier molecular flexibility index (Phi) is 4.78. The van der Waals surface area contributed by atoms with Crippen LogP contribution >= 0.6 is 0 Å². The Bertz CT molecular complexity index is 609. The van der Waals surface area contributed by atoms with Crippen molar-refractivity contribution in [1.82, 2.24) is 5.32 Å². The molecule has 4 rings (SSSR count). The van der Waals surface area contributed by atoms with Crippen molar-refractivity contribution < 1.29 is 23.7 Å². The van der Waals surface area contributed by atoms with Crippen LogP contribution in [0.4, 0.5) is 0 Å². The number of carbonyl (C=O) groups is 1. The number of hydrogen-bond donors (Lipinski definition) is 1. The lowest BCUT2D eigenvalue weighted by molar-refractivity contribution is -0.130. The van der Waals surface area contributed by atoms with Crippen molar-refractivity contribution >= 4 is 5.91 Å². The summed E-state index contributed by atoms with van der Waals surface area (Å²) >= 11 is 0. The maximum Gasteiger partial charge on any atom is 0.220 e. The van der Waals surface area contributed by atoms with Crippen LogP contribution in [0.25, 0.3) is 0 Å². The first-order valence-electron chi connectivity index (χ1n) is 8.89. The molecular weight excluding hydrogens is 322 g/mol. The second-order valence-electron chi connectivity index (χ2n) is 7.19. The molecule has 0 spiro atoms. The number of benzene rings is 1. The molecular formula is C19H25NO5. The molecule has 136 valence electrons. The van der Waals surface area contributed by atoms with E-state index in [4.69, 9.17) is 18.9 Å². The van der Waals surface area contributed by atoms with Crippen LogP contribution in [-0.4, -0.2) is 50.8 Å². The predicted octanol–water partition coefficient (Wildman–Crippen LogP) is 1.49. The van der Waals surface area contributed by atoms with Gasteiger partial charge in [-0.15, -0.1) is 0 Å². The number of amides is 1. The topological polar surface area (TPSA) is 69.3 Å². The third kappa shape index (κ3) is 3.31. The fourth-order valence-electron chi connectivity index (χ4n) is 4.40. The standard InChI is InChI=1S/C19H25NO5/c1-22-12-24-16-7-14-9-20-17(21)8-15(14)19(18(16)25-19)11-23-10-13-5-3-2-4-6-13/h2-6,14-16,18H,7-12H2,1H3,(H,20,21)/t14-,15+,16-,18+,19-/m1/s1. The number of epoxide rings is 1. The van der Waals surface area contributed by atoms with Crippen LogP contribution in [0.3, 0.4) is 0 Å². The van der Waals surface area contributed by atoms with Gasteiger partial charge in [-0.25, -0.2) is 0 Å². The molecule has 2 aliphatic heterocycles. The van der Waals surface area contributed by atoms with Crippen LogP contribution in [0.1, 0.15) is 18.4 Å². The molecule has 1 aromatic rings. The Morgan fingerprint density at radius 2 is 2.16 bits per heavy atom. The van der Waals surface area contributed by atoms with E-state index in [0.29, 0.717) is 32.1 Å². The second kappa shape index (κ2) is 7.03. The maximum absolute atomic E-state index is 11.9. The summed E-state index contributed by atoms with van der Waals surface area (Å²) in [5.74, 6) is 0.664. The highest BCUT2D eigenvalue weighted by atomic mass is 16.7. The van der Waals surface area contributed by atoms with E-state index in [9.17, 15) is 4.79 Å². The molecule has 0 aromatic heterocycles. The van der Waals surface area contributed by atoms with Crippen LogP contribution in [0.15, 0.2) is 30.3 Å². The minimum absolute atomic E-state index is 0.00322. The average Bonchev–Trinajstić information content (AvgIpc) is 3.37. The number of ether oxygens (including phenoxy) is 4. The summed E-state index contributed by atoms with van der Waals surface area (Å²) in [5.41, 5.74) is 0.741. The molecule has 1 aliphatic carbocycles. The largest absolute Gasteiger partial charge is 0.374 e. The van der Waals surface area contributed by atoms with Crippen molar-refractivity contribution in [2.45, 2.75) is 37.3 Å². The van der Waals surface area contributed by atoms with Gasteiger partial charge in [-0.2, -0.15) is 0 Å². The van der Waals surface area contributed by atoms with E-state index in [0.717, 1.165) is 12.0 Å². The summed E-state index contributed by atoms with van der Waals surface area (Å²) in [6, 6.07) is 10.1. The zero-order chi connectivity index (χ0) is 17.3. The molecule has 6 nitrogen and oxygen atoms in total. The molecule has 2 saturated heterocycles. The van der Waals surface area contributed by atoms with E-state index in [1.807, 2.05) is 30.3 Å². The normalized spacial score (nSPS) is 36.3. The van der Waals surface area contributed by atoms with Gasteiger partial charge in [-0.1, -0.05) is 30.3 Å². The van der Waals surface area contributed by atoms with E-state index < -0.39 is 5.60 Å². The monoisotopic (exact) mass is 347 g/mol. The van der Waals surface area contributed by atoms with Gasteiger partial charge < -0.3 is 24.3 Å². The highest BCUT2D eigenvalue weighted by molar-refractivity contribution is 5.77. The van der Waals surface area contributed by atoms with Crippen LogP contribution < -0.4 is 5.32 Å². The minimum atomic E-state index is -0.395. The Labute approximate surface area is 147 Å². The highest BCUT2D eigenvalue weighted by Gasteiger charge is 2.70. The van der Waals surface area contributed by atoms with Crippen LogP contribution in [0.2, 0.25) is 0 Å². The van der Waals surface area contributed by atoms with E-state index in [1.54, 1.807) is 7.11 Å². The Hall–Kier alpha value is -1.47. The predicted molar refractivity (Wildman–Crippen MR) is 89.7 cm³/mol. The smallest absolute Gasteiger partial charge is 0.220 e. The summed E-state index contributed by atoms with van der Waals surface area (Å²) in [4.78, 5) is 11.9. The zero-order valence-electron chi connectivity index (χ0n) is 14.5. The van der Waals surface area contributed by atoms with Gasteiger partial charge in [-0.05, 0) is 17.9 Å². The molecule has 0 radical (unpaired) electrons. The Morgan fingerprint density at radius 3 is 2.96 bits per heavy atom. The highest BCUT2D eigenvalue weighted by Crippen LogP contribution is 2.56. The minimum Gasteiger partial charge on any atom is -0.374 e. The number of rotatable bonds is 7. The maximum atomic E-state index is 11.9. The van der Waals surface area contributed by atoms with Gasteiger partial charge in [0.1, 0.15) is 18.5 Å². The number of hydrogen-bond acceptors (Lipinski definition) is 5. The summed E-state index contributed by atoms with van der Waals surface area (Å²) in [6.07, 6.45) is 1.38. The lowest BCUT2D eigenvalue weighted by atomic mass is 9.68. The van der Waals surface area contributed by atoms with Crippen molar-refractivity contribution in [3.63, 3.8) is 0 Å². The van der Waals surface area contributed by atoms with Crippen LogP contribution in [-0.2, 0) is 30.3 Å². The quantitative estimate of drug-likeness (QED) is 0.598. The first kappa shape index (κ1) is 17.0. The first-order chi connectivity index (χ1) is 12.2. The Morgan fingerprint density at radius 1 is 1.32 bits per heavy atom. The first-order valence-corrected chi connectivity index (χ1v) is 8.89. The van der Waals surface area contributed by atoms with Crippen LogP contribution in [0, 0.1) is 11.8 Å². The lowest BCUT2D eigenvalue weighted by Gasteiger charge is -2.41. The van der Waals surface area contributed by atoms with Gasteiger partial charge in [0.25, 0.3) is 0 Å². The van der Waals surface area contributed by atoms with Gasteiger partial charge >= 0.3 is 0 Å². The number of nitrogens with one attached hydrogen (secondary N) is 1. The molecule has 3 aliphatic rings. The molecule has 2 heterocycles. The average molecular weight is 347 g/mol. The van der Waals surface area contributed by atoms with Crippen molar-refractivity contribution in [3.05, 3.63) is 35.9 Å². The van der Waals surface area contributed by atoms with Crippen molar-refractivity contribution in [2.24, 2.45) is 11.8 Å². The molecule has 1 N–H and O–H groups in total. The van der Waals surface area contributed by atoms with Crippen LogP contribution in [0.5, 0.6) is 0 Å². The molecule has 0 unspecified atom stereocenters. The van der Waals surface area contributed by atoms with Crippen molar-refractivity contribution in [1.29, 1.82) is 0 Å². The molecule has 1 aromatic carbocycles. The summed E-state index contributed by atoms with van der Waals surface area (Å²) < 4.78 is 23.0. The molecule has 3 fully saturated rings.